The van der Waals surface area contributed by atoms with E-state index in [-0.39, 0.29) is 37.3 Å². The number of pyridine rings is 1. The first kappa shape index (κ1) is 21.5. The summed E-state index contributed by atoms with van der Waals surface area (Å²) in [5, 5.41) is 3.57. The summed E-state index contributed by atoms with van der Waals surface area (Å²) in [5.41, 5.74) is 5.32. The van der Waals surface area contributed by atoms with Crippen LogP contribution in [-0.2, 0) is 4.79 Å². The molecule has 126 valence electrons. The molecule has 1 aromatic rings. The molecule has 1 fully saturated rings. The fraction of sp³-hybridized carbons (Fsp3) is 0.538. The zero-order valence-corrected chi connectivity index (χ0v) is 15.0. The molecule has 9 heteroatoms. The van der Waals surface area contributed by atoms with Crippen LogP contribution in [0, 0.1) is 0 Å². The van der Waals surface area contributed by atoms with E-state index in [0.717, 1.165) is 25.7 Å². The Bertz CT molecular complexity index is 496. The third-order valence-corrected chi connectivity index (χ3v) is 3.83. The summed E-state index contributed by atoms with van der Waals surface area (Å²) >= 11 is 11.7. The Balaban J connectivity index is 0.00000220. The molecule has 0 saturated heterocycles. The lowest BCUT2D eigenvalue weighted by molar-refractivity contribution is -0.126. The second-order valence-electron chi connectivity index (χ2n) is 4.91. The van der Waals surface area contributed by atoms with E-state index in [9.17, 15) is 4.79 Å². The molecule has 0 atom stereocenters. The molecule has 0 bridgehead atoms. The zero-order chi connectivity index (χ0) is 14.6. The van der Waals surface area contributed by atoms with E-state index in [0.29, 0.717) is 22.5 Å². The van der Waals surface area contributed by atoms with Gasteiger partial charge in [0.2, 0.25) is 11.8 Å². The van der Waals surface area contributed by atoms with Crippen LogP contribution < -0.4 is 15.8 Å². The van der Waals surface area contributed by atoms with Gasteiger partial charge in [0.05, 0.1) is 17.1 Å². The van der Waals surface area contributed by atoms with Crippen LogP contribution in [0.1, 0.15) is 25.7 Å². The summed E-state index contributed by atoms with van der Waals surface area (Å²) in [6.07, 6.45) is 4.94. The highest BCUT2D eigenvalue weighted by atomic mass is 35.5. The minimum Gasteiger partial charge on any atom is -0.475 e. The predicted octanol–water partition coefficient (Wildman–Crippen LogP) is 3.00. The predicted molar refractivity (Wildman–Crippen MR) is 92.6 cm³/mol. The van der Waals surface area contributed by atoms with Crippen LogP contribution in [0.3, 0.4) is 0 Å². The lowest BCUT2D eigenvalue weighted by Gasteiger charge is -2.22. The van der Waals surface area contributed by atoms with E-state index in [1.165, 1.54) is 6.20 Å². The molecule has 0 spiro atoms. The summed E-state index contributed by atoms with van der Waals surface area (Å²) in [6, 6.07) is 1.55. The van der Waals surface area contributed by atoms with Gasteiger partial charge in [0, 0.05) is 6.20 Å². The van der Waals surface area contributed by atoms with Crippen LogP contribution in [0.4, 0.5) is 0 Å². The number of ether oxygens (including phenoxy) is 1. The molecule has 1 aliphatic rings. The zero-order valence-electron chi connectivity index (χ0n) is 11.8. The molecule has 1 amide bonds. The van der Waals surface area contributed by atoms with Crippen LogP contribution in [-0.4, -0.2) is 29.6 Å². The third-order valence-electron chi connectivity index (χ3n) is 3.35. The van der Waals surface area contributed by atoms with E-state index in [4.69, 9.17) is 33.7 Å². The lowest BCUT2D eigenvalue weighted by atomic mass is 9.98. The van der Waals surface area contributed by atoms with Crippen molar-refractivity contribution in [2.45, 2.75) is 31.2 Å². The average molecular weight is 391 g/mol. The standard InChI is InChI=1S/C13H17Cl2N3O2.2ClH/c14-9-7-10(15)11(18-8-9)20-6-5-17-12(19)13(16)3-1-2-4-13;;/h7-8H,1-6,16H2,(H,17,19);2*1H. The van der Waals surface area contributed by atoms with E-state index in [1.54, 1.807) is 6.07 Å². The topological polar surface area (TPSA) is 77.2 Å². The Morgan fingerprint density at radius 3 is 2.59 bits per heavy atom. The first-order valence-electron chi connectivity index (χ1n) is 6.52. The first-order chi connectivity index (χ1) is 9.51. The number of hydrogen-bond donors (Lipinski definition) is 2. The molecule has 1 saturated carbocycles. The smallest absolute Gasteiger partial charge is 0.240 e. The number of halogens is 4. The van der Waals surface area contributed by atoms with Crippen LogP contribution in [0.2, 0.25) is 10.0 Å². The molecule has 1 heterocycles. The number of nitrogens with two attached hydrogens (primary N) is 1. The van der Waals surface area contributed by atoms with Gasteiger partial charge in [0.15, 0.2) is 0 Å². The second kappa shape index (κ2) is 9.63. The molecule has 1 aliphatic carbocycles. The van der Waals surface area contributed by atoms with Crippen molar-refractivity contribution in [3.05, 3.63) is 22.3 Å². The Kier molecular flexibility index (Phi) is 9.43. The number of rotatable bonds is 5. The van der Waals surface area contributed by atoms with Gasteiger partial charge >= 0.3 is 0 Å². The molecular weight excluding hydrogens is 372 g/mol. The Morgan fingerprint density at radius 2 is 2.00 bits per heavy atom. The molecule has 1 aromatic heterocycles. The van der Waals surface area contributed by atoms with Crippen molar-refractivity contribution in [3.8, 4) is 5.88 Å². The van der Waals surface area contributed by atoms with Crippen molar-refractivity contribution < 1.29 is 9.53 Å². The summed E-state index contributed by atoms with van der Waals surface area (Å²) in [7, 11) is 0. The fourth-order valence-electron chi connectivity index (χ4n) is 2.23. The normalized spacial score (nSPS) is 15.4. The SMILES string of the molecule is Cl.Cl.NC1(C(=O)NCCOc2ncc(Cl)cc2Cl)CCCC1. The van der Waals surface area contributed by atoms with Gasteiger partial charge in [-0.2, -0.15) is 0 Å². The third kappa shape index (κ3) is 5.63. The molecule has 22 heavy (non-hydrogen) atoms. The van der Waals surface area contributed by atoms with E-state index in [1.807, 2.05) is 0 Å². The second-order valence-corrected chi connectivity index (χ2v) is 5.75. The Hall–Kier alpha value is -0.460. The average Bonchev–Trinajstić information content (AvgIpc) is 2.85. The van der Waals surface area contributed by atoms with Crippen molar-refractivity contribution in [3.63, 3.8) is 0 Å². The van der Waals surface area contributed by atoms with E-state index in [2.05, 4.69) is 10.3 Å². The van der Waals surface area contributed by atoms with Gasteiger partial charge in [-0.15, -0.1) is 24.8 Å². The number of hydrogen-bond acceptors (Lipinski definition) is 4. The van der Waals surface area contributed by atoms with E-state index < -0.39 is 5.54 Å². The maximum atomic E-state index is 11.9. The minimum atomic E-state index is -0.712. The van der Waals surface area contributed by atoms with Gasteiger partial charge in [0.25, 0.3) is 0 Å². The number of carbonyl (C=O) groups is 1. The maximum absolute atomic E-state index is 11.9. The Labute approximate surface area is 152 Å². The molecule has 5 nitrogen and oxygen atoms in total. The van der Waals surface area contributed by atoms with Gasteiger partial charge < -0.3 is 15.8 Å². The van der Waals surface area contributed by atoms with Crippen molar-refractivity contribution in [1.82, 2.24) is 10.3 Å². The highest BCUT2D eigenvalue weighted by Crippen LogP contribution is 2.27. The number of nitrogens with zero attached hydrogens (tertiary/aromatic N) is 1. The number of aromatic nitrogens is 1. The number of carbonyl (C=O) groups excluding carboxylic acids is 1. The molecular formula is C13H19Cl4N3O2. The van der Waals surface area contributed by atoms with Crippen molar-refractivity contribution in [2.75, 3.05) is 13.2 Å². The van der Waals surface area contributed by atoms with Crippen molar-refractivity contribution in [1.29, 1.82) is 0 Å². The summed E-state index contributed by atoms with van der Waals surface area (Å²) in [6.45, 7) is 0.634. The monoisotopic (exact) mass is 389 g/mol. The lowest BCUT2D eigenvalue weighted by Crippen LogP contribution is -2.52. The van der Waals surface area contributed by atoms with E-state index >= 15 is 0 Å². The minimum absolute atomic E-state index is 0. The van der Waals surface area contributed by atoms with Crippen LogP contribution in [0.25, 0.3) is 0 Å². The number of amides is 1. The molecule has 3 N–H and O–H groups in total. The van der Waals surface area contributed by atoms with Gasteiger partial charge in [-0.1, -0.05) is 36.0 Å². The highest BCUT2D eigenvalue weighted by molar-refractivity contribution is 6.35. The van der Waals surface area contributed by atoms with Crippen molar-refractivity contribution in [2.24, 2.45) is 5.73 Å². The van der Waals surface area contributed by atoms with Crippen LogP contribution in [0.5, 0.6) is 5.88 Å². The first-order valence-corrected chi connectivity index (χ1v) is 7.28. The van der Waals surface area contributed by atoms with Crippen LogP contribution in [0.15, 0.2) is 12.3 Å². The molecule has 0 aliphatic heterocycles. The van der Waals surface area contributed by atoms with Gasteiger partial charge in [0.1, 0.15) is 11.6 Å². The highest BCUT2D eigenvalue weighted by Gasteiger charge is 2.36. The van der Waals surface area contributed by atoms with Gasteiger partial charge in [-0.05, 0) is 18.9 Å². The quantitative estimate of drug-likeness (QED) is 0.757. The molecule has 0 radical (unpaired) electrons. The maximum Gasteiger partial charge on any atom is 0.240 e. The number of nitrogens with one attached hydrogen (secondary N) is 1. The summed E-state index contributed by atoms with van der Waals surface area (Å²) in [5.74, 6) is 0.183. The summed E-state index contributed by atoms with van der Waals surface area (Å²) < 4.78 is 5.38. The molecule has 0 aromatic carbocycles. The van der Waals surface area contributed by atoms with Crippen LogP contribution >= 0.6 is 48.0 Å². The fourth-order valence-corrected chi connectivity index (χ4v) is 2.66. The largest absolute Gasteiger partial charge is 0.475 e. The molecule has 0 unspecified atom stereocenters. The summed E-state index contributed by atoms with van der Waals surface area (Å²) in [4.78, 5) is 15.9. The van der Waals surface area contributed by atoms with Gasteiger partial charge in [-0.25, -0.2) is 4.98 Å². The van der Waals surface area contributed by atoms with Gasteiger partial charge in [-0.3, -0.25) is 4.79 Å². The Morgan fingerprint density at radius 1 is 1.36 bits per heavy atom. The van der Waals surface area contributed by atoms with Crippen molar-refractivity contribution >= 4 is 53.9 Å². The molecule has 2 rings (SSSR count).